The first-order chi connectivity index (χ1) is 14.6. The Kier molecular flexibility index (Phi) is 6.58. The van der Waals surface area contributed by atoms with Crippen LogP contribution in [0.5, 0.6) is 11.5 Å². The highest BCUT2D eigenvalue weighted by Gasteiger charge is 2.35. The summed E-state index contributed by atoms with van der Waals surface area (Å²) in [5.41, 5.74) is 5.49. The molecule has 0 unspecified atom stereocenters. The van der Waals surface area contributed by atoms with E-state index in [0.717, 1.165) is 4.90 Å². The van der Waals surface area contributed by atoms with E-state index in [1.165, 1.54) is 55.7 Å². The first-order valence-corrected chi connectivity index (χ1v) is 11.1. The highest BCUT2D eigenvalue weighted by atomic mass is 35.5. The van der Waals surface area contributed by atoms with Gasteiger partial charge in [-0.1, -0.05) is 17.7 Å². The van der Waals surface area contributed by atoms with Gasteiger partial charge in [-0.15, -0.1) is 0 Å². The standard InChI is InChI=1S/C19H15ClN2O7S2/c1-28-15-8-11(9-16-18(24)22(10-17(21)23)19(25)30-16)2-7-14(15)29-31(26,27)13-5-3-12(20)4-6-13/h2-9H,10H2,1H3,(H2,21,23)/b16-9-. The summed E-state index contributed by atoms with van der Waals surface area (Å²) in [5.74, 6) is -1.45. The van der Waals surface area contributed by atoms with Gasteiger partial charge in [0.05, 0.1) is 12.0 Å². The predicted molar refractivity (Wildman–Crippen MR) is 114 cm³/mol. The molecule has 0 aliphatic carbocycles. The van der Waals surface area contributed by atoms with Gasteiger partial charge in [-0.2, -0.15) is 8.42 Å². The van der Waals surface area contributed by atoms with Crippen molar-refractivity contribution in [3.63, 3.8) is 0 Å². The van der Waals surface area contributed by atoms with Crippen molar-refractivity contribution in [2.75, 3.05) is 13.7 Å². The summed E-state index contributed by atoms with van der Waals surface area (Å²) in [7, 11) is -2.82. The van der Waals surface area contributed by atoms with Crippen molar-refractivity contribution in [1.82, 2.24) is 4.90 Å². The normalized spacial score (nSPS) is 15.4. The SMILES string of the molecule is COc1cc(/C=C2\SC(=O)N(CC(N)=O)C2=O)ccc1OS(=O)(=O)c1ccc(Cl)cc1. The number of thioether (sulfide) groups is 1. The van der Waals surface area contributed by atoms with Gasteiger partial charge in [0.2, 0.25) is 5.91 Å². The van der Waals surface area contributed by atoms with E-state index >= 15 is 0 Å². The molecule has 1 aliphatic heterocycles. The fraction of sp³-hybridized carbons (Fsp3) is 0.105. The van der Waals surface area contributed by atoms with E-state index in [1.807, 2.05) is 0 Å². The van der Waals surface area contributed by atoms with Gasteiger partial charge in [0.15, 0.2) is 11.5 Å². The fourth-order valence-electron chi connectivity index (χ4n) is 2.55. The van der Waals surface area contributed by atoms with Crippen LogP contribution in [0.1, 0.15) is 5.56 Å². The number of methoxy groups -OCH3 is 1. The van der Waals surface area contributed by atoms with Gasteiger partial charge in [-0.3, -0.25) is 19.3 Å². The molecular formula is C19H15ClN2O7S2. The number of nitrogens with two attached hydrogens (primary N) is 1. The van der Waals surface area contributed by atoms with Crippen LogP contribution in [0.3, 0.4) is 0 Å². The van der Waals surface area contributed by atoms with Crippen LogP contribution in [0.25, 0.3) is 6.08 Å². The van der Waals surface area contributed by atoms with Crippen LogP contribution in [0.4, 0.5) is 4.79 Å². The molecule has 2 aromatic carbocycles. The third kappa shape index (κ3) is 5.19. The molecule has 31 heavy (non-hydrogen) atoms. The van der Waals surface area contributed by atoms with Crippen molar-refractivity contribution < 1.29 is 31.7 Å². The lowest BCUT2D eigenvalue weighted by atomic mass is 10.2. The summed E-state index contributed by atoms with van der Waals surface area (Å²) in [4.78, 5) is 36.0. The molecule has 2 N–H and O–H groups in total. The number of nitrogens with zero attached hydrogens (tertiary/aromatic N) is 1. The maximum Gasteiger partial charge on any atom is 0.339 e. The lowest BCUT2D eigenvalue weighted by molar-refractivity contribution is -0.127. The Morgan fingerprint density at radius 2 is 1.84 bits per heavy atom. The van der Waals surface area contributed by atoms with Crippen molar-refractivity contribution in [3.8, 4) is 11.5 Å². The fourth-order valence-corrected chi connectivity index (χ4v) is 4.46. The molecule has 12 heteroatoms. The highest BCUT2D eigenvalue weighted by Crippen LogP contribution is 2.35. The molecule has 0 bridgehead atoms. The van der Waals surface area contributed by atoms with Gasteiger partial charge in [0.25, 0.3) is 11.1 Å². The Bertz CT molecular complexity index is 1190. The van der Waals surface area contributed by atoms with Gasteiger partial charge >= 0.3 is 10.1 Å². The Balaban J connectivity index is 1.86. The summed E-state index contributed by atoms with van der Waals surface area (Å²) >= 11 is 6.43. The number of benzene rings is 2. The quantitative estimate of drug-likeness (QED) is 0.470. The third-order valence-corrected chi connectivity index (χ3v) is 6.38. The smallest absolute Gasteiger partial charge is 0.339 e. The van der Waals surface area contributed by atoms with E-state index in [1.54, 1.807) is 0 Å². The Hall–Kier alpha value is -3.02. The number of hydrogen-bond acceptors (Lipinski definition) is 8. The minimum Gasteiger partial charge on any atom is -0.493 e. The van der Waals surface area contributed by atoms with E-state index in [-0.39, 0.29) is 21.3 Å². The Labute approximate surface area is 186 Å². The van der Waals surface area contributed by atoms with Gasteiger partial charge in [-0.25, -0.2) is 0 Å². The summed E-state index contributed by atoms with van der Waals surface area (Å²) in [6, 6.07) is 9.73. The maximum absolute atomic E-state index is 12.5. The molecule has 3 amide bonds. The van der Waals surface area contributed by atoms with Crippen molar-refractivity contribution in [1.29, 1.82) is 0 Å². The number of carbonyl (C=O) groups excluding carboxylic acids is 3. The number of amides is 3. The molecule has 2 aromatic rings. The van der Waals surface area contributed by atoms with Crippen molar-refractivity contribution in [3.05, 3.63) is 58.0 Å². The molecule has 0 saturated carbocycles. The first kappa shape index (κ1) is 22.7. The lowest BCUT2D eigenvalue weighted by Gasteiger charge is -2.11. The van der Waals surface area contributed by atoms with E-state index < -0.39 is 33.7 Å². The van der Waals surface area contributed by atoms with E-state index in [4.69, 9.17) is 26.3 Å². The largest absolute Gasteiger partial charge is 0.493 e. The molecule has 9 nitrogen and oxygen atoms in total. The second-order valence-electron chi connectivity index (χ2n) is 6.14. The maximum atomic E-state index is 12.5. The summed E-state index contributed by atoms with van der Waals surface area (Å²) < 4.78 is 35.3. The number of hydrogen-bond donors (Lipinski definition) is 1. The molecule has 1 heterocycles. The van der Waals surface area contributed by atoms with Crippen LogP contribution in [-0.4, -0.2) is 44.0 Å². The third-order valence-electron chi connectivity index (χ3n) is 3.97. The van der Waals surface area contributed by atoms with Crippen LogP contribution in [0.15, 0.2) is 52.3 Å². The van der Waals surface area contributed by atoms with E-state index in [2.05, 4.69) is 0 Å². The molecule has 3 rings (SSSR count). The number of imide groups is 1. The molecule has 1 saturated heterocycles. The number of halogens is 1. The van der Waals surface area contributed by atoms with Crippen LogP contribution < -0.4 is 14.7 Å². The van der Waals surface area contributed by atoms with Crippen molar-refractivity contribution in [2.45, 2.75) is 4.90 Å². The number of carbonyl (C=O) groups is 3. The first-order valence-electron chi connectivity index (χ1n) is 8.52. The van der Waals surface area contributed by atoms with Gasteiger partial charge in [0, 0.05) is 5.02 Å². The monoisotopic (exact) mass is 482 g/mol. The van der Waals surface area contributed by atoms with Gasteiger partial charge < -0.3 is 14.7 Å². The minimum atomic E-state index is -4.14. The molecule has 162 valence electrons. The van der Waals surface area contributed by atoms with Crippen LogP contribution in [0.2, 0.25) is 5.02 Å². The zero-order valence-corrected chi connectivity index (χ0v) is 18.3. The molecule has 1 aliphatic rings. The Morgan fingerprint density at radius 3 is 2.45 bits per heavy atom. The number of ether oxygens (including phenoxy) is 1. The minimum absolute atomic E-state index is 0.0727. The highest BCUT2D eigenvalue weighted by molar-refractivity contribution is 8.18. The molecule has 0 spiro atoms. The molecular weight excluding hydrogens is 468 g/mol. The average molecular weight is 483 g/mol. The van der Waals surface area contributed by atoms with Gasteiger partial charge in [0.1, 0.15) is 11.4 Å². The summed E-state index contributed by atoms with van der Waals surface area (Å²) in [5, 5.41) is -0.239. The average Bonchev–Trinajstić information content (AvgIpc) is 2.96. The topological polar surface area (TPSA) is 133 Å². The second-order valence-corrected chi connectivity index (χ2v) is 9.11. The van der Waals surface area contributed by atoms with Crippen LogP contribution in [0, 0.1) is 0 Å². The number of primary amides is 1. The zero-order chi connectivity index (χ0) is 22.8. The van der Waals surface area contributed by atoms with E-state index in [0.29, 0.717) is 22.3 Å². The number of rotatable bonds is 7. The second kappa shape index (κ2) is 9.00. The van der Waals surface area contributed by atoms with Crippen LogP contribution >= 0.6 is 23.4 Å². The van der Waals surface area contributed by atoms with Crippen molar-refractivity contribution in [2.24, 2.45) is 5.73 Å². The summed E-state index contributed by atoms with van der Waals surface area (Å²) in [6.45, 7) is -0.513. The lowest BCUT2D eigenvalue weighted by Crippen LogP contribution is -2.36. The molecule has 0 radical (unpaired) electrons. The molecule has 0 aromatic heterocycles. The zero-order valence-electron chi connectivity index (χ0n) is 15.9. The van der Waals surface area contributed by atoms with E-state index in [9.17, 15) is 22.8 Å². The molecule has 1 fully saturated rings. The Morgan fingerprint density at radius 1 is 1.16 bits per heavy atom. The van der Waals surface area contributed by atoms with Crippen LogP contribution in [-0.2, 0) is 19.7 Å². The van der Waals surface area contributed by atoms with Gasteiger partial charge in [-0.05, 0) is 59.8 Å². The molecule has 0 atom stereocenters. The predicted octanol–water partition coefficient (Wildman–Crippen LogP) is 2.64. The van der Waals surface area contributed by atoms with Crippen molar-refractivity contribution >= 4 is 56.6 Å². The summed E-state index contributed by atoms with van der Waals surface area (Å²) in [6.07, 6.45) is 1.41.